The van der Waals surface area contributed by atoms with E-state index in [9.17, 15) is 0 Å². The molecule has 1 aromatic carbocycles. The van der Waals surface area contributed by atoms with Crippen molar-refractivity contribution in [2.24, 2.45) is 0 Å². The lowest BCUT2D eigenvalue weighted by atomic mass is 10.2. The maximum absolute atomic E-state index is 5.33. The Balaban J connectivity index is 2.50. The maximum Gasteiger partial charge on any atom is 0.188 e. The number of ether oxygens (including phenoxy) is 2. The van der Waals surface area contributed by atoms with Crippen LogP contribution in [0.3, 0.4) is 0 Å². The van der Waals surface area contributed by atoms with E-state index in [-0.39, 0.29) is 0 Å². The molecule has 0 bridgehead atoms. The Bertz CT molecular complexity index is 240. The fraction of sp³-hybridized carbons (Fsp3) is 0.455. The fourth-order valence-corrected chi connectivity index (χ4v) is 1.14. The van der Waals surface area contributed by atoms with Crippen molar-refractivity contribution >= 4 is 0 Å². The van der Waals surface area contributed by atoms with Crippen LogP contribution in [0.15, 0.2) is 24.3 Å². The van der Waals surface area contributed by atoms with Crippen LogP contribution in [0.1, 0.15) is 12.5 Å². The molecule has 0 aromatic heterocycles. The summed E-state index contributed by atoms with van der Waals surface area (Å²) < 4.78 is 10.2. The van der Waals surface area contributed by atoms with Crippen molar-refractivity contribution in [1.29, 1.82) is 0 Å². The Kier molecular flexibility index (Phi) is 5.04. The average Bonchev–Trinajstić information content (AvgIpc) is 2.24. The van der Waals surface area contributed by atoms with Gasteiger partial charge in [0.15, 0.2) is 6.79 Å². The van der Waals surface area contributed by atoms with E-state index >= 15 is 0 Å². The molecule has 3 heteroatoms. The molecular formula is C11H17NO2. The van der Waals surface area contributed by atoms with E-state index in [2.05, 4.69) is 18.3 Å². The third-order valence-corrected chi connectivity index (χ3v) is 1.82. The third-order valence-electron chi connectivity index (χ3n) is 1.82. The van der Waals surface area contributed by atoms with Gasteiger partial charge in [-0.2, -0.15) is 0 Å². The molecular weight excluding hydrogens is 178 g/mol. The van der Waals surface area contributed by atoms with Gasteiger partial charge >= 0.3 is 0 Å². The minimum atomic E-state index is 0.296. The molecule has 1 aromatic rings. The Morgan fingerprint density at radius 1 is 1.36 bits per heavy atom. The summed E-state index contributed by atoms with van der Waals surface area (Å²) in [5, 5.41) is 3.26. The lowest BCUT2D eigenvalue weighted by molar-refractivity contribution is 0.0511. The van der Waals surface area contributed by atoms with Crippen LogP contribution in [0.5, 0.6) is 5.75 Å². The van der Waals surface area contributed by atoms with Crippen molar-refractivity contribution in [3.8, 4) is 5.75 Å². The number of hydrogen-bond donors (Lipinski definition) is 1. The van der Waals surface area contributed by atoms with Crippen molar-refractivity contribution < 1.29 is 9.47 Å². The van der Waals surface area contributed by atoms with Crippen LogP contribution in [0.2, 0.25) is 0 Å². The van der Waals surface area contributed by atoms with Crippen LogP contribution in [0.4, 0.5) is 0 Å². The molecule has 14 heavy (non-hydrogen) atoms. The van der Waals surface area contributed by atoms with Crippen LogP contribution in [0.25, 0.3) is 0 Å². The molecule has 1 N–H and O–H groups in total. The van der Waals surface area contributed by atoms with Gasteiger partial charge in [0.25, 0.3) is 0 Å². The Morgan fingerprint density at radius 3 is 2.93 bits per heavy atom. The summed E-state index contributed by atoms with van der Waals surface area (Å²) in [7, 11) is 1.61. The Morgan fingerprint density at radius 2 is 2.21 bits per heavy atom. The molecule has 0 atom stereocenters. The van der Waals surface area contributed by atoms with Gasteiger partial charge in [-0.25, -0.2) is 0 Å². The number of hydrogen-bond acceptors (Lipinski definition) is 3. The summed E-state index contributed by atoms with van der Waals surface area (Å²) in [5.74, 6) is 0.849. The summed E-state index contributed by atoms with van der Waals surface area (Å²) in [6.45, 7) is 4.24. The van der Waals surface area contributed by atoms with Gasteiger partial charge in [-0.1, -0.05) is 19.1 Å². The van der Waals surface area contributed by atoms with Crippen molar-refractivity contribution in [2.75, 3.05) is 20.4 Å². The van der Waals surface area contributed by atoms with Gasteiger partial charge in [-0.3, -0.25) is 0 Å². The first kappa shape index (κ1) is 11.0. The largest absolute Gasteiger partial charge is 0.468 e. The van der Waals surface area contributed by atoms with E-state index in [4.69, 9.17) is 9.47 Å². The second kappa shape index (κ2) is 6.40. The molecule has 0 heterocycles. The highest BCUT2D eigenvalue weighted by Crippen LogP contribution is 2.12. The van der Waals surface area contributed by atoms with Gasteiger partial charge in [0, 0.05) is 13.7 Å². The van der Waals surface area contributed by atoms with E-state index in [0.29, 0.717) is 6.79 Å². The van der Waals surface area contributed by atoms with Gasteiger partial charge < -0.3 is 14.8 Å². The minimum absolute atomic E-state index is 0.296. The van der Waals surface area contributed by atoms with Crippen molar-refractivity contribution in [3.05, 3.63) is 29.8 Å². The van der Waals surface area contributed by atoms with Crippen molar-refractivity contribution in [1.82, 2.24) is 5.32 Å². The first-order valence-electron chi connectivity index (χ1n) is 4.78. The molecule has 0 fully saturated rings. The Labute approximate surface area is 85.0 Å². The van der Waals surface area contributed by atoms with Crippen LogP contribution in [0, 0.1) is 0 Å². The van der Waals surface area contributed by atoms with Gasteiger partial charge in [0.05, 0.1) is 0 Å². The first-order valence-corrected chi connectivity index (χ1v) is 4.78. The predicted molar refractivity (Wildman–Crippen MR) is 56.3 cm³/mol. The summed E-state index contributed by atoms with van der Waals surface area (Å²) in [5.41, 5.74) is 1.22. The number of benzene rings is 1. The van der Waals surface area contributed by atoms with Crippen LogP contribution in [-0.4, -0.2) is 20.4 Å². The zero-order valence-corrected chi connectivity index (χ0v) is 8.75. The van der Waals surface area contributed by atoms with Crippen molar-refractivity contribution in [2.45, 2.75) is 13.5 Å². The van der Waals surface area contributed by atoms with Gasteiger partial charge in [-0.15, -0.1) is 0 Å². The first-order chi connectivity index (χ1) is 6.86. The second-order valence-electron chi connectivity index (χ2n) is 2.98. The number of methoxy groups -OCH3 is 1. The molecule has 0 unspecified atom stereocenters. The van der Waals surface area contributed by atoms with Crippen molar-refractivity contribution in [3.63, 3.8) is 0 Å². The van der Waals surface area contributed by atoms with Gasteiger partial charge in [0.1, 0.15) is 5.75 Å². The highest BCUT2D eigenvalue weighted by atomic mass is 16.7. The van der Waals surface area contributed by atoms with E-state index in [1.54, 1.807) is 7.11 Å². The molecule has 0 aliphatic rings. The minimum Gasteiger partial charge on any atom is -0.468 e. The predicted octanol–water partition coefficient (Wildman–Crippen LogP) is 1.78. The molecule has 3 nitrogen and oxygen atoms in total. The highest BCUT2D eigenvalue weighted by molar-refractivity contribution is 5.28. The molecule has 0 aliphatic carbocycles. The van der Waals surface area contributed by atoms with Crippen LogP contribution in [-0.2, 0) is 11.3 Å². The molecule has 0 amide bonds. The molecule has 0 saturated heterocycles. The zero-order chi connectivity index (χ0) is 10.2. The quantitative estimate of drug-likeness (QED) is 0.702. The molecule has 0 saturated carbocycles. The average molecular weight is 195 g/mol. The monoisotopic (exact) mass is 195 g/mol. The fourth-order valence-electron chi connectivity index (χ4n) is 1.14. The number of nitrogens with one attached hydrogen (secondary N) is 1. The van der Waals surface area contributed by atoms with E-state index in [1.165, 1.54) is 5.56 Å². The molecule has 0 aliphatic heterocycles. The highest BCUT2D eigenvalue weighted by Gasteiger charge is 1.95. The maximum atomic E-state index is 5.33. The molecule has 1 rings (SSSR count). The summed E-state index contributed by atoms with van der Waals surface area (Å²) in [4.78, 5) is 0. The van der Waals surface area contributed by atoms with Crippen LogP contribution < -0.4 is 10.1 Å². The SMILES string of the molecule is CCNCc1cccc(OCOC)c1. The summed E-state index contributed by atoms with van der Waals surface area (Å²) in [6.07, 6.45) is 0. The second-order valence-corrected chi connectivity index (χ2v) is 2.98. The summed E-state index contributed by atoms with van der Waals surface area (Å²) >= 11 is 0. The zero-order valence-electron chi connectivity index (χ0n) is 8.75. The Hall–Kier alpha value is -1.06. The standard InChI is InChI=1S/C11H17NO2/c1-3-12-8-10-5-4-6-11(7-10)14-9-13-2/h4-7,12H,3,8-9H2,1-2H3. The molecule has 0 spiro atoms. The van der Waals surface area contributed by atoms with E-state index in [0.717, 1.165) is 18.8 Å². The molecule has 0 radical (unpaired) electrons. The third kappa shape index (κ3) is 3.77. The lowest BCUT2D eigenvalue weighted by Gasteiger charge is -2.07. The van der Waals surface area contributed by atoms with E-state index in [1.807, 2.05) is 18.2 Å². The van der Waals surface area contributed by atoms with Gasteiger partial charge in [0.2, 0.25) is 0 Å². The van der Waals surface area contributed by atoms with E-state index < -0.39 is 0 Å². The lowest BCUT2D eigenvalue weighted by Crippen LogP contribution is -2.11. The number of rotatable bonds is 6. The van der Waals surface area contributed by atoms with Gasteiger partial charge in [-0.05, 0) is 24.2 Å². The topological polar surface area (TPSA) is 30.5 Å². The smallest absolute Gasteiger partial charge is 0.188 e. The normalized spacial score (nSPS) is 10.1. The summed E-state index contributed by atoms with van der Waals surface area (Å²) in [6, 6.07) is 8.00. The molecule has 78 valence electrons. The van der Waals surface area contributed by atoms with Crippen LogP contribution >= 0.6 is 0 Å².